The molecule has 0 amide bonds. The molecule has 11 heteroatoms. The summed E-state index contributed by atoms with van der Waals surface area (Å²) in [4.78, 5) is 3.07. The van der Waals surface area contributed by atoms with Crippen LogP contribution in [-0.2, 0) is 22.7 Å². The summed E-state index contributed by atoms with van der Waals surface area (Å²) in [6, 6.07) is 9.97. The van der Waals surface area contributed by atoms with E-state index in [1.54, 1.807) is 18.2 Å². The first kappa shape index (κ1) is 18.9. The second-order valence-corrected chi connectivity index (χ2v) is 7.17. The number of hydrogen-bond donors (Lipinski definition) is 3. The maximum atomic E-state index is 13.2. The molecular weight excluding hydrogens is 383 g/mol. The molecule has 0 spiro atoms. The zero-order valence-corrected chi connectivity index (χ0v) is 14.5. The van der Waals surface area contributed by atoms with Gasteiger partial charge in [-0.05, 0) is 29.8 Å². The number of nitrogens with zero attached hydrogens (tertiary/aromatic N) is 2. The number of aromatic amines is 1. The predicted molar refractivity (Wildman–Crippen MR) is 92.0 cm³/mol. The maximum Gasteiger partial charge on any atom is 0.417 e. The maximum absolute atomic E-state index is 13.2. The van der Waals surface area contributed by atoms with Crippen molar-refractivity contribution in [3.63, 3.8) is 0 Å². The van der Waals surface area contributed by atoms with Gasteiger partial charge in [-0.25, -0.2) is 18.5 Å². The molecule has 27 heavy (non-hydrogen) atoms. The second-order valence-electron chi connectivity index (χ2n) is 5.64. The van der Waals surface area contributed by atoms with Gasteiger partial charge >= 0.3 is 6.18 Å². The summed E-state index contributed by atoms with van der Waals surface area (Å²) in [5.41, 5.74) is 0.352. The Labute approximate surface area is 152 Å². The number of sulfonamides is 1. The average Bonchev–Trinajstić information content (AvgIpc) is 3.13. The SMILES string of the molecule is NS(=O)(=O)c1ccc(NCc2cccc(-c3ncn[nH]3)c2)cc1C(F)(F)F. The highest BCUT2D eigenvalue weighted by Gasteiger charge is 2.36. The summed E-state index contributed by atoms with van der Waals surface area (Å²) >= 11 is 0. The van der Waals surface area contributed by atoms with E-state index in [0.717, 1.165) is 23.3 Å². The Hall–Kier alpha value is -2.92. The summed E-state index contributed by atoms with van der Waals surface area (Å²) in [5.74, 6) is 0.564. The van der Waals surface area contributed by atoms with E-state index < -0.39 is 26.7 Å². The van der Waals surface area contributed by atoms with Crippen molar-refractivity contribution in [3.05, 3.63) is 59.9 Å². The molecule has 7 nitrogen and oxygen atoms in total. The highest BCUT2D eigenvalue weighted by molar-refractivity contribution is 7.89. The van der Waals surface area contributed by atoms with Gasteiger partial charge in [0.15, 0.2) is 5.82 Å². The van der Waals surface area contributed by atoms with Gasteiger partial charge in [-0.1, -0.05) is 18.2 Å². The molecule has 0 radical (unpaired) electrons. The van der Waals surface area contributed by atoms with E-state index in [4.69, 9.17) is 5.14 Å². The smallest absolute Gasteiger partial charge is 0.381 e. The Balaban J connectivity index is 1.84. The number of halogens is 3. The lowest BCUT2D eigenvalue weighted by atomic mass is 10.1. The Morgan fingerprint density at radius 1 is 1.15 bits per heavy atom. The number of primary sulfonamides is 1. The highest BCUT2D eigenvalue weighted by Crippen LogP contribution is 2.35. The lowest BCUT2D eigenvalue weighted by Gasteiger charge is -2.14. The zero-order valence-electron chi connectivity index (χ0n) is 13.7. The van der Waals surface area contributed by atoms with Crippen LogP contribution in [0.2, 0.25) is 0 Å². The molecule has 0 saturated carbocycles. The van der Waals surface area contributed by atoms with Gasteiger partial charge < -0.3 is 5.32 Å². The standard InChI is InChI=1S/C16H14F3N5O2S/c17-16(18,19)13-7-12(4-5-14(13)27(20,25)26)21-8-10-2-1-3-11(6-10)15-22-9-23-24-15/h1-7,9,21H,8H2,(H2,20,25,26)(H,22,23,24). The van der Waals surface area contributed by atoms with E-state index in [1.807, 2.05) is 6.07 Å². The van der Waals surface area contributed by atoms with Crippen molar-refractivity contribution < 1.29 is 21.6 Å². The van der Waals surface area contributed by atoms with Crippen LogP contribution in [0.15, 0.2) is 53.7 Å². The molecule has 0 aliphatic rings. The number of anilines is 1. The zero-order chi connectivity index (χ0) is 19.7. The van der Waals surface area contributed by atoms with Gasteiger partial charge in [0.05, 0.1) is 10.5 Å². The minimum Gasteiger partial charge on any atom is -0.381 e. The van der Waals surface area contributed by atoms with Crippen molar-refractivity contribution in [2.24, 2.45) is 5.14 Å². The number of aromatic nitrogens is 3. The fourth-order valence-electron chi connectivity index (χ4n) is 2.49. The molecule has 0 saturated heterocycles. The molecule has 0 aliphatic carbocycles. The van der Waals surface area contributed by atoms with Crippen LogP contribution in [0.25, 0.3) is 11.4 Å². The molecule has 0 fully saturated rings. The molecule has 1 aromatic heterocycles. The van der Waals surface area contributed by atoms with E-state index in [0.29, 0.717) is 5.82 Å². The Bertz CT molecular complexity index is 1050. The lowest BCUT2D eigenvalue weighted by Crippen LogP contribution is -2.19. The first-order valence-corrected chi connectivity index (χ1v) is 9.12. The molecular formula is C16H14F3N5O2S. The van der Waals surface area contributed by atoms with E-state index in [-0.39, 0.29) is 12.2 Å². The fraction of sp³-hybridized carbons (Fsp3) is 0.125. The quantitative estimate of drug-likeness (QED) is 0.613. The van der Waals surface area contributed by atoms with E-state index in [1.165, 1.54) is 12.4 Å². The summed E-state index contributed by atoms with van der Waals surface area (Å²) in [7, 11) is -4.50. The third-order valence-corrected chi connectivity index (χ3v) is 4.67. The van der Waals surface area contributed by atoms with Gasteiger partial charge in [-0.3, -0.25) is 5.10 Å². The minimum absolute atomic E-state index is 0.111. The van der Waals surface area contributed by atoms with Crippen molar-refractivity contribution in [3.8, 4) is 11.4 Å². The Morgan fingerprint density at radius 3 is 2.56 bits per heavy atom. The van der Waals surface area contributed by atoms with Crippen LogP contribution in [0, 0.1) is 0 Å². The predicted octanol–water partition coefficient (Wildman–Crippen LogP) is 2.75. The lowest BCUT2D eigenvalue weighted by molar-refractivity contribution is -0.139. The Morgan fingerprint density at radius 2 is 1.93 bits per heavy atom. The number of benzene rings is 2. The third-order valence-electron chi connectivity index (χ3n) is 3.70. The second kappa shape index (κ2) is 7.00. The molecule has 0 unspecified atom stereocenters. The molecule has 4 N–H and O–H groups in total. The van der Waals surface area contributed by atoms with Gasteiger partial charge in [-0.15, -0.1) is 0 Å². The molecule has 0 bridgehead atoms. The summed E-state index contributed by atoms with van der Waals surface area (Å²) in [6.45, 7) is 0.216. The number of nitrogens with two attached hydrogens (primary N) is 1. The monoisotopic (exact) mass is 397 g/mol. The minimum atomic E-state index is -4.86. The van der Waals surface area contributed by atoms with Crippen molar-refractivity contribution >= 4 is 15.7 Å². The molecule has 0 atom stereocenters. The van der Waals surface area contributed by atoms with Crippen molar-refractivity contribution in [1.29, 1.82) is 0 Å². The van der Waals surface area contributed by atoms with Gasteiger partial charge in [0.25, 0.3) is 0 Å². The van der Waals surface area contributed by atoms with Crippen molar-refractivity contribution in [2.45, 2.75) is 17.6 Å². The van der Waals surface area contributed by atoms with Crippen LogP contribution >= 0.6 is 0 Å². The fourth-order valence-corrected chi connectivity index (χ4v) is 3.23. The van der Waals surface area contributed by atoms with Gasteiger partial charge in [0.1, 0.15) is 6.33 Å². The van der Waals surface area contributed by atoms with E-state index in [2.05, 4.69) is 20.5 Å². The van der Waals surface area contributed by atoms with Gasteiger partial charge in [-0.2, -0.15) is 18.3 Å². The molecule has 3 rings (SSSR count). The number of hydrogen-bond acceptors (Lipinski definition) is 5. The van der Waals surface area contributed by atoms with Gasteiger partial charge in [0, 0.05) is 17.8 Å². The molecule has 2 aromatic carbocycles. The Kier molecular flexibility index (Phi) is 4.89. The summed E-state index contributed by atoms with van der Waals surface area (Å²) < 4.78 is 62.3. The molecule has 0 aliphatic heterocycles. The molecule has 1 heterocycles. The van der Waals surface area contributed by atoms with E-state index >= 15 is 0 Å². The van der Waals surface area contributed by atoms with E-state index in [9.17, 15) is 21.6 Å². The van der Waals surface area contributed by atoms with Gasteiger partial charge in [0.2, 0.25) is 10.0 Å². The number of H-pyrrole nitrogens is 1. The largest absolute Gasteiger partial charge is 0.417 e. The van der Waals surface area contributed by atoms with Crippen LogP contribution in [0.5, 0.6) is 0 Å². The number of rotatable bonds is 5. The number of nitrogens with one attached hydrogen (secondary N) is 2. The van der Waals surface area contributed by atoms with Crippen LogP contribution < -0.4 is 10.5 Å². The summed E-state index contributed by atoms with van der Waals surface area (Å²) in [6.07, 6.45) is -3.49. The topological polar surface area (TPSA) is 114 Å². The van der Waals surface area contributed by atoms with Crippen molar-refractivity contribution in [2.75, 3.05) is 5.32 Å². The van der Waals surface area contributed by atoms with Crippen LogP contribution in [0.1, 0.15) is 11.1 Å². The third kappa shape index (κ3) is 4.44. The summed E-state index contributed by atoms with van der Waals surface area (Å²) in [5, 5.41) is 14.2. The first-order chi connectivity index (χ1) is 12.6. The average molecular weight is 397 g/mol. The molecule has 3 aromatic rings. The number of alkyl halides is 3. The van der Waals surface area contributed by atoms with Crippen LogP contribution in [-0.4, -0.2) is 23.6 Å². The molecule has 142 valence electrons. The van der Waals surface area contributed by atoms with Crippen LogP contribution in [0.4, 0.5) is 18.9 Å². The highest BCUT2D eigenvalue weighted by atomic mass is 32.2. The first-order valence-electron chi connectivity index (χ1n) is 7.57. The van der Waals surface area contributed by atoms with Crippen LogP contribution in [0.3, 0.4) is 0 Å². The normalized spacial score (nSPS) is 12.1. The van der Waals surface area contributed by atoms with Crippen molar-refractivity contribution in [1.82, 2.24) is 15.2 Å².